The zero-order valence-corrected chi connectivity index (χ0v) is 28.5. The van der Waals surface area contributed by atoms with Crippen LogP contribution in [0.1, 0.15) is 41.6 Å². The van der Waals surface area contributed by atoms with Gasteiger partial charge >= 0.3 is 11.1 Å². The van der Waals surface area contributed by atoms with E-state index in [1.165, 1.54) is 35.0 Å². The lowest BCUT2D eigenvalue weighted by Crippen LogP contribution is -2.71. The Morgan fingerprint density at radius 2 is 2.00 bits per heavy atom. The highest BCUT2D eigenvalue weighted by Gasteiger charge is 2.54. The van der Waals surface area contributed by atoms with Gasteiger partial charge in [0, 0.05) is 28.9 Å². The number of phenols is 2. The molecule has 50 heavy (non-hydrogen) atoms. The van der Waals surface area contributed by atoms with Crippen LogP contribution in [0.15, 0.2) is 57.3 Å². The maximum Gasteiger partial charge on any atom is 0.385 e. The normalized spacial score (nSPS) is 19.5. The fraction of sp³-hybridized carbons (Fsp3) is 0.300. The molecular formula is C30H32N9O8S3+. The number of carbonyl (C=O) groups excluding carboxylic acids is 2. The van der Waals surface area contributed by atoms with Gasteiger partial charge in [0.25, 0.3) is 18.1 Å². The molecule has 3 atom stereocenters. The molecular weight excluding hydrogens is 711 g/mol. The van der Waals surface area contributed by atoms with Crippen molar-refractivity contribution in [3.63, 3.8) is 0 Å². The van der Waals surface area contributed by atoms with Gasteiger partial charge in [-0.25, -0.2) is 9.78 Å². The lowest BCUT2D eigenvalue weighted by Gasteiger charge is -2.49. The number of aliphatic hydroxyl groups excluding tert-OH is 1. The molecule has 0 unspecified atom stereocenters. The number of aromatic nitrogens is 3. The van der Waals surface area contributed by atoms with Crippen molar-refractivity contribution in [3.8, 4) is 11.5 Å². The average molecular weight is 743 g/mol. The largest absolute Gasteiger partial charge is 0.504 e. The first-order valence-corrected chi connectivity index (χ1v) is 18.0. The smallest absolute Gasteiger partial charge is 0.385 e. The standard InChI is InChI=1S/C30H31N9O8S3/c31-23-15-5-1-2-6-17(15)39(33)30(36-23)48-9-3-4-14-11-49-26-21(25(43)38(26)22(14)27(44)45)35-24(42)20(16-12-50-29(32)34-16)37-47-28(46)13-7-8-18(40)19(41)10-13/h3-4,7-8,10,12,21,26,28,31,46H,1-2,5-6,9,11,33H2,(H6,32,34,35,37,40,41,42,44,45)/p+1/b4-3+/t21-,26-,28-/m1/s1. The van der Waals surface area contributed by atoms with Crippen LogP contribution in [0, 0.1) is 0 Å². The molecule has 0 spiro atoms. The van der Waals surface area contributed by atoms with Gasteiger partial charge in [-0.15, -0.1) is 27.8 Å². The second kappa shape index (κ2) is 14.4. The molecule has 11 N–H and O–H groups in total. The summed E-state index contributed by atoms with van der Waals surface area (Å²) in [4.78, 5) is 53.8. The number of carbonyl (C=O) groups is 3. The number of amides is 2. The number of phenolic OH excluding ortho intramolecular Hbond substituents is 2. The number of aliphatic hydroxyl groups is 1. The number of allylic oxidation sites excluding steroid dienone is 1. The van der Waals surface area contributed by atoms with Gasteiger partial charge < -0.3 is 42.0 Å². The quantitative estimate of drug-likeness (QED) is 0.0153. The summed E-state index contributed by atoms with van der Waals surface area (Å²) in [5.74, 6) is 3.66. The van der Waals surface area contributed by atoms with E-state index in [9.17, 15) is 34.8 Å². The Bertz CT molecular complexity index is 1970. The topological polar surface area (TPSA) is 277 Å². The van der Waals surface area contributed by atoms with Gasteiger partial charge in [0.05, 0.1) is 5.56 Å². The van der Waals surface area contributed by atoms with E-state index in [2.05, 4.69) is 20.4 Å². The van der Waals surface area contributed by atoms with Gasteiger partial charge in [0.15, 0.2) is 22.3 Å². The minimum Gasteiger partial charge on any atom is -0.504 e. The number of nitrogens with one attached hydrogen (secondary N) is 1. The fourth-order valence-electron chi connectivity index (χ4n) is 5.62. The summed E-state index contributed by atoms with van der Waals surface area (Å²) in [5, 5.41) is 47.4. The number of thioether (sulfide) groups is 2. The number of aliphatic carboxylic acids is 1. The minimum absolute atomic E-state index is 0.00415. The van der Waals surface area contributed by atoms with Crippen molar-refractivity contribution in [3.05, 3.63) is 69.5 Å². The maximum atomic E-state index is 13.4. The predicted molar refractivity (Wildman–Crippen MR) is 184 cm³/mol. The van der Waals surface area contributed by atoms with Crippen LogP contribution in [0.4, 0.5) is 10.9 Å². The number of rotatable bonds is 11. The van der Waals surface area contributed by atoms with E-state index in [0.29, 0.717) is 22.3 Å². The number of aromatic hydroxyl groups is 2. The van der Waals surface area contributed by atoms with Gasteiger partial charge in [-0.1, -0.05) is 17.3 Å². The molecule has 2 aromatic heterocycles. The van der Waals surface area contributed by atoms with Crippen molar-refractivity contribution in [2.24, 2.45) is 5.16 Å². The van der Waals surface area contributed by atoms with Crippen LogP contribution >= 0.6 is 34.9 Å². The van der Waals surface area contributed by atoms with Crippen LogP contribution in [-0.2, 0) is 32.1 Å². The number of nitrogens with zero attached hydrogens (tertiary/aromatic N) is 5. The molecule has 3 aliphatic rings. The van der Waals surface area contributed by atoms with Gasteiger partial charge in [-0.3, -0.25) is 20.3 Å². The van der Waals surface area contributed by atoms with E-state index in [1.54, 1.807) is 16.8 Å². The molecule has 2 aliphatic heterocycles. The van der Waals surface area contributed by atoms with Crippen molar-refractivity contribution in [1.82, 2.24) is 20.2 Å². The van der Waals surface area contributed by atoms with Gasteiger partial charge in [0.2, 0.25) is 5.82 Å². The number of carboxylic acid groups (broad SMARTS) is 1. The van der Waals surface area contributed by atoms with Crippen LogP contribution in [0.5, 0.6) is 11.5 Å². The Labute approximate surface area is 296 Å². The molecule has 1 aromatic carbocycles. The van der Waals surface area contributed by atoms with Crippen LogP contribution < -0.4 is 27.3 Å². The Balaban J connectivity index is 1.14. The van der Waals surface area contributed by atoms with E-state index in [4.69, 9.17) is 22.1 Å². The molecule has 1 aliphatic carbocycles. The summed E-state index contributed by atoms with van der Waals surface area (Å²) in [6.45, 7) is 0. The number of hydrogen-bond donors (Lipinski definition) is 8. The summed E-state index contributed by atoms with van der Waals surface area (Å²) in [6.07, 6.45) is 5.37. The number of fused-ring (bicyclic) bond motifs is 2. The van der Waals surface area contributed by atoms with Crippen molar-refractivity contribution >= 4 is 69.3 Å². The van der Waals surface area contributed by atoms with Crippen LogP contribution in [0.3, 0.4) is 0 Å². The van der Waals surface area contributed by atoms with Gasteiger partial charge in [-0.2, -0.15) is 0 Å². The van der Waals surface area contributed by atoms with Crippen molar-refractivity contribution < 1.29 is 44.3 Å². The fourth-order valence-corrected chi connectivity index (χ4v) is 8.24. The van der Waals surface area contributed by atoms with E-state index in [1.807, 2.05) is 0 Å². The molecule has 17 nitrogen and oxygen atoms in total. The zero-order valence-electron chi connectivity index (χ0n) is 26.1. The number of nitrogens with two attached hydrogens (primary N) is 3. The summed E-state index contributed by atoms with van der Waals surface area (Å²) < 4.78 is 1.56. The van der Waals surface area contributed by atoms with E-state index in [-0.39, 0.29) is 27.8 Å². The second-order valence-corrected chi connectivity index (χ2v) is 14.2. The zero-order chi connectivity index (χ0) is 35.7. The maximum absolute atomic E-state index is 13.4. The number of oxime groups is 1. The minimum atomic E-state index is -1.76. The SMILES string of the molecule is Nc1nc(/C(=N/O[C@@H](O)c2ccc(O)c(O)c2)C(=O)N[C@@H]2C(=O)N3C(C(=O)O)=C(/C=C/CSc4nc(N)c5c([n+]4N)CCCC5)CS[C@H]23)cs1. The number of hydrogen-bond acceptors (Lipinski definition) is 16. The number of carboxylic acids is 1. The lowest BCUT2D eigenvalue weighted by molar-refractivity contribution is -0.690. The molecule has 1 saturated heterocycles. The Morgan fingerprint density at radius 3 is 2.72 bits per heavy atom. The highest BCUT2D eigenvalue weighted by Crippen LogP contribution is 2.41. The molecule has 3 aromatic rings. The summed E-state index contributed by atoms with van der Waals surface area (Å²) >= 11 is 3.63. The number of β-lactam (4-membered cyclic amide) rings is 1. The first-order valence-electron chi connectivity index (χ1n) is 15.1. The van der Waals surface area contributed by atoms with Crippen LogP contribution in [0.2, 0.25) is 0 Å². The predicted octanol–water partition coefficient (Wildman–Crippen LogP) is 0.493. The van der Waals surface area contributed by atoms with Gasteiger partial charge in [-0.05, 0) is 59.8 Å². The third kappa shape index (κ3) is 6.86. The lowest BCUT2D eigenvalue weighted by atomic mass is 9.96. The van der Waals surface area contributed by atoms with Crippen molar-refractivity contribution in [2.75, 3.05) is 28.8 Å². The van der Waals surface area contributed by atoms with E-state index < -0.39 is 52.7 Å². The molecule has 4 heterocycles. The summed E-state index contributed by atoms with van der Waals surface area (Å²) in [6, 6.07) is 2.34. The highest BCUT2D eigenvalue weighted by molar-refractivity contribution is 8.00. The first kappa shape index (κ1) is 34.8. The third-order valence-electron chi connectivity index (χ3n) is 8.08. The van der Waals surface area contributed by atoms with E-state index >= 15 is 0 Å². The Kier molecular flexibility index (Phi) is 10.0. The Hall–Kier alpha value is -5.05. The van der Waals surface area contributed by atoms with Gasteiger partial charge in [0.1, 0.15) is 28.5 Å². The molecule has 0 bridgehead atoms. The molecule has 0 saturated carbocycles. The molecule has 0 radical (unpaired) electrons. The number of anilines is 2. The third-order valence-corrected chi connectivity index (χ3v) is 11.0. The summed E-state index contributed by atoms with van der Waals surface area (Å²) in [7, 11) is 0. The average Bonchev–Trinajstić information content (AvgIpc) is 3.53. The highest BCUT2D eigenvalue weighted by atomic mass is 32.2. The summed E-state index contributed by atoms with van der Waals surface area (Å²) in [5.41, 5.74) is 13.7. The van der Waals surface area contributed by atoms with Crippen molar-refractivity contribution in [1.29, 1.82) is 0 Å². The molecule has 1 fully saturated rings. The van der Waals surface area contributed by atoms with Crippen LogP contribution in [0.25, 0.3) is 0 Å². The van der Waals surface area contributed by atoms with Crippen molar-refractivity contribution in [2.45, 2.75) is 48.5 Å². The van der Waals surface area contributed by atoms with Crippen LogP contribution in [-0.4, -0.2) is 81.7 Å². The molecule has 20 heteroatoms. The number of benzene rings is 1. The monoisotopic (exact) mass is 742 g/mol. The first-order chi connectivity index (χ1) is 23.9. The number of nitrogen functional groups attached to an aromatic ring is 3. The Morgan fingerprint density at radius 1 is 1.22 bits per heavy atom. The number of thiazole rings is 1. The molecule has 2 amide bonds. The second-order valence-electron chi connectivity index (χ2n) is 11.3. The van der Waals surface area contributed by atoms with E-state index in [0.717, 1.165) is 65.3 Å². The molecule has 262 valence electrons. The molecule has 6 rings (SSSR count).